The van der Waals surface area contributed by atoms with Gasteiger partial charge in [0.1, 0.15) is 12.6 Å². The van der Waals surface area contributed by atoms with Gasteiger partial charge in [0.15, 0.2) is 0 Å². The van der Waals surface area contributed by atoms with Gasteiger partial charge in [0, 0.05) is 25.1 Å². The van der Waals surface area contributed by atoms with Crippen molar-refractivity contribution in [2.24, 2.45) is 0 Å². The standard InChI is InChI=1S/C26H30N2O6/c29-14-12-17-7-5-6-13-28(17)25(32)23(15-24(30)31)27-26(33)34-16-22-20-10-3-1-8-18(20)19-9-2-4-11-21(19)22/h1-4,8-11,17,22-23,29H,5-7,12-16H2,(H,27,33)(H,30,31). The molecule has 0 saturated carbocycles. The Bertz CT molecular complexity index is 1010. The van der Waals surface area contributed by atoms with Crippen molar-refractivity contribution in [2.75, 3.05) is 19.8 Å². The molecule has 2 unspecified atom stereocenters. The molecule has 1 saturated heterocycles. The van der Waals surface area contributed by atoms with E-state index >= 15 is 0 Å². The number of carbonyl (C=O) groups is 3. The van der Waals surface area contributed by atoms with Crippen LogP contribution in [-0.2, 0) is 14.3 Å². The normalized spacial score (nSPS) is 18.0. The molecule has 180 valence electrons. The van der Waals surface area contributed by atoms with E-state index in [2.05, 4.69) is 5.32 Å². The largest absolute Gasteiger partial charge is 0.481 e. The second-order valence-electron chi connectivity index (χ2n) is 8.81. The topological polar surface area (TPSA) is 116 Å². The third-order valence-corrected chi connectivity index (χ3v) is 6.69. The first-order chi connectivity index (χ1) is 16.5. The Morgan fingerprint density at radius 3 is 2.29 bits per heavy atom. The van der Waals surface area contributed by atoms with Gasteiger partial charge in [-0.25, -0.2) is 4.79 Å². The molecule has 2 aliphatic rings. The maximum absolute atomic E-state index is 13.2. The third kappa shape index (κ3) is 5.07. The zero-order valence-electron chi connectivity index (χ0n) is 19.0. The number of hydrogen-bond acceptors (Lipinski definition) is 5. The van der Waals surface area contributed by atoms with E-state index in [0.29, 0.717) is 13.0 Å². The summed E-state index contributed by atoms with van der Waals surface area (Å²) in [6.07, 6.45) is 1.56. The molecule has 8 nitrogen and oxygen atoms in total. The van der Waals surface area contributed by atoms with Crippen LogP contribution in [0.3, 0.4) is 0 Å². The number of aliphatic hydroxyl groups excluding tert-OH is 1. The van der Waals surface area contributed by atoms with Gasteiger partial charge in [-0.1, -0.05) is 48.5 Å². The average Bonchev–Trinajstić information content (AvgIpc) is 3.16. The van der Waals surface area contributed by atoms with E-state index in [1.165, 1.54) is 0 Å². The number of rotatable bonds is 8. The van der Waals surface area contributed by atoms with Crippen molar-refractivity contribution < 1.29 is 29.3 Å². The van der Waals surface area contributed by atoms with Crippen LogP contribution in [-0.4, -0.2) is 64.9 Å². The van der Waals surface area contributed by atoms with Crippen LogP contribution in [0.1, 0.15) is 49.1 Å². The van der Waals surface area contributed by atoms with Crippen molar-refractivity contribution in [1.29, 1.82) is 0 Å². The van der Waals surface area contributed by atoms with Gasteiger partial charge in [0.25, 0.3) is 0 Å². The minimum absolute atomic E-state index is 0.0577. The van der Waals surface area contributed by atoms with Gasteiger partial charge in [-0.2, -0.15) is 0 Å². The molecule has 8 heteroatoms. The maximum Gasteiger partial charge on any atom is 0.407 e. The van der Waals surface area contributed by atoms with Crippen LogP contribution >= 0.6 is 0 Å². The predicted octanol–water partition coefficient (Wildman–Crippen LogP) is 3.13. The van der Waals surface area contributed by atoms with Gasteiger partial charge in [-0.05, 0) is 47.9 Å². The van der Waals surface area contributed by atoms with Crippen LogP contribution in [0.5, 0.6) is 0 Å². The molecule has 1 aliphatic carbocycles. The number of amides is 2. The molecule has 1 fully saturated rings. The second kappa shape index (κ2) is 10.7. The lowest BCUT2D eigenvalue weighted by Crippen LogP contribution is -2.54. The van der Waals surface area contributed by atoms with Crippen LogP contribution in [0, 0.1) is 0 Å². The van der Waals surface area contributed by atoms with Crippen LogP contribution in [0.2, 0.25) is 0 Å². The molecule has 4 rings (SSSR count). The lowest BCUT2D eigenvalue weighted by molar-refractivity contribution is -0.144. The molecule has 1 heterocycles. The van der Waals surface area contributed by atoms with Gasteiger partial charge in [0.05, 0.1) is 6.42 Å². The first-order valence-electron chi connectivity index (χ1n) is 11.7. The molecule has 3 N–H and O–H groups in total. The van der Waals surface area contributed by atoms with Gasteiger partial charge < -0.3 is 25.2 Å². The minimum Gasteiger partial charge on any atom is -0.481 e. The number of aliphatic carboxylic acids is 1. The van der Waals surface area contributed by atoms with E-state index in [1.54, 1.807) is 4.90 Å². The minimum atomic E-state index is -1.23. The van der Waals surface area contributed by atoms with E-state index in [4.69, 9.17) is 4.74 Å². The SMILES string of the molecule is O=C(O)CC(NC(=O)OCC1c2ccccc2-c2ccccc21)C(=O)N1CCCCC1CCO. The Morgan fingerprint density at radius 2 is 1.68 bits per heavy atom. The van der Waals surface area contributed by atoms with E-state index in [0.717, 1.165) is 41.5 Å². The number of aliphatic hydroxyl groups is 1. The molecule has 0 spiro atoms. The van der Waals surface area contributed by atoms with Gasteiger partial charge in [-0.3, -0.25) is 9.59 Å². The van der Waals surface area contributed by atoms with Crippen LogP contribution < -0.4 is 5.32 Å². The number of nitrogens with zero attached hydrogens (tertiary/aromatic N) is 1. The number of nitrogens with one attached hydrogen (secondary N) is 1. The number of carbonyl (C=O) groups excluding carboxylic acids is 2. The zero-order valence-corrected chi connectivity index (χ0v) is 19.0. The molecule has 2 aromatic rings. The van der Waals surface area contributed by atoms with Crippen LogP contribution in [0.15, 0.2) is 48.5 Å². The molecule has 0 aromatic heterocycles. The third-order valence-electron chi connectivity index (χ3n) is 6.69. The van der Waals surface area contributed by atoms with Crippen molar-refractivity contribution >= 4 is 18.0 Å². The van der Waals surface area contributed by atoms with Crippen molar-refractivity contribution in [3.05, 3.63) is 59.7 Å². The van der Waals surface area contributed by atoms with Crippen molar-refractivity contribution in [2.45, 2.75) is 50.1 Å². The van der Waals surface area contributed by atoms with E-state index in [1.807, 2.05) is 48.5 Å². The summed E-state index contributed by atoms with van der Waals surface area (Å²) in [5, 5.41) is 21.2. The smallest absolute Gasteiger partial charge is 0.407 e. The average molecular weight is 467 g/mol. The molecule has 0 radical (unpaired) electrons. The summed E-state index contributed by atoms with van der Waals surface area (Å²) in [6.45, 7) is 0.495. The highest BCUT2D eigenvalue weighted by Gasteiger charge is 2.34. The molecule has 34 heavy (non-hydrogen) atoms. The van der Waals surface area contributed by atoms with E-state index in [-0.39, 0.29) is 25.2 Å². The molecule has 0 bridgehead atoms. The Balaban J connectivity index is 1.44. The highest BCUT2D eigenvalue weighted by atomic mass is 16.5. The lowest BCUT2D eigenvalue weighted by Gasteiger charge is -2.37. The number of alkyl carbamates (subject to hydrolysis) is 1. The fourth-order valence-corrected chi connectivity index (χ4v) is 5.10. The van der Waals surface area contributed by atoms with Gasteiger partial charge in [0.2, 0.25) is 5.91 Å². The first-order valence-corrected chi connectivity index (χ1v) is 11.7. The Morgan fingerprint density at radius 1 is 1.03 bits per heavy atom. The van der Waals surface area contributed by atoms with Gasteiger partial charge in [-0.15, -0.1) is 0 Å². The quantitative estimate of drug-likeness (QED) is 0.550. The number of carboxylic acids is 1. The first kappa shape index (κ1) is 23.8. The number of carboxylic acid groups (broad SMARTS) is 1. The van der Waals surface area contributed by atoms with Crippen LogP contribution in [0.25, 0.3) is 11.1 Å². The number of likely N-dealkylation sites (tertiary alicyclic amines) is 1. The van der Waals surface area contributed by atoms with E-state index < -0.39 is 30.4 Å². The van der Waals surface area contributed by atoms with E-state index in [9.17, 15) is 24.6 Å². The molecular weight excluding hydrogens is 436 g/mol. The summed E-state index contributed by atoms with van der Waals surface area (Å²) in [5.41, 5.74) is 4.33. The maximum atomic E-state index is 13.2. The summed E-state index contributed by atoms with van der Waals surface area (Å²) in [4.78, 5) is 38.8. The fourth-order valence-electron chi connectivity index (χ4n) is 5.10. The highest BCUT2D eigenvalue weighted by molar-refractivity contribution is 5.89. The summed E-state index contributed by atoms with van der Waals surface area (Å²) in [7, 11) is 0. The lowest BCUT2D eigenvalue weighted by atomic mass is 9.98. The monoisotopic (exact) mass is 466 g/mol. The number of fused-ring (bicyclic) bond motifs is 3. The number of hydrogen-bond donors (Lipinski definition) is 3. The fraction of sp³-hybridized carbons (Fsp3) is 0.423. The van der Waals surface area contributed by atoms with Crippen molar-refractivity contribution in [1.82, 2.24) is 10.2 Å². The predicted molar refractivity (Wildman–Crippen MR) is 125 cm³/mol. The second-order valence-corrected chi connectivity index (χ2v) is 8.81. The van der Waals surface area contributed by atoms with Crippen molar-refractivity contribution in [3.63, 3.8) is 0 Å². The molecule has 2 amide bonds. The summed E-state index contributed by atoms with van der Waals surface area (Å²) >= 11 is 0. The Hall–Kier alpha value is -3.39. The molecule has 2 atom stereocenters. The number of ether oxygens (including phenoxy) is 1. The summed E-state index contributed by atoms with van der Waals surface area (Å²) in [6, 6.07) is 14.5. The highest BCUT2D eigenvalue weighted by Crippen LogP contribution is 2.44. The Labute approximate surface area is 198 Å². The van der Waals surface area contributed by atoms with Crippen LogP contribution in [0.4, 0.5) is 4.79 Å². The summed E-state index contributed by atoms with van der Waals surface area (Å²) < 4.78 is 5.51. The number of benzene rings is 2. The zero-order chi connectivity index (χ0) is 24.1. The van der Waals surface area contributed by atoms with Gasteiger partial charge >= 0.3 is 12.1 Å². The Kier molecular flexibility index (Phi) is 7.47. The van der Waals surface area contributed by atoms with Crippen molar-refractivity contribution in [3.8, 4) is 11.1 Å². The molecule has 1 aliphatic heterocycles. The molecular formula is C26H30N2O6. The molecule has 2 aromatic carbocycles. The summed E-state index contributed by atoms with van der Waals surface area (Å²) in [5.74, 6) is -1.77. The number of piperidine rings is 1.